The van der Waals surface area contributed by atoms with E-state index in [1.54, 1.807) is 12.3 Å². The van der Waals surface area contributed by atoms with Gasteiger partial charge in [0.15, 0.2) is 0 Å². The number of hydrogen-bond acceptors (Lipinski definition) is 3. The van der Waals surface area contributed by atoms with Gasteiger partial charge in [-0.3, -0.25) is 4.79 Å². The highest BCUT2D eigenvalue weighted by Crippen LogP contribution is 2.09. The number of fused-ring (bicyclic) bond motifs is 1. The van der Waals surface area contributed by atoms with Gasteiger partial charge < -0.3 is 10.8 Å². The van der Waals surface area contributed by atoms with Crippen LogP contribution in [0.3, 0.4) is 0 Å². The normalized spacial score (nSPS) is 11.1. The molecular weight excluding hydrogens is 178 g/mol. The number of nitrogens with two attached hydrogens (primary N) is 1. The molecule has 1 heterocycles. The van der Waals surface area contributed by atoms with Gasteiger partial charge in [-0.15, -0.1) is 0 Å². The molecule has 0 aliphatic heterocycles. The average Bonchev–Trinajstić information content (AvgIpc) is 2.20. The Morgan fingerprint density at radius 1 is 1.36 bits per heavy atom. The molecule has 3 N–H and O–H groups in total. The second-order valence-corrected chi connectivity index (χ2v) is 2.93. The lowest BCUT2D eigenvalue weighted by molar-refractivity contribution is 1.26. The zero-order valence-corrected chi connectivity index (χ0v) is 7.40. The van der Waals surface area contributed by atoms with Gasteiger partial charge in [-0.2, -0.15) is 5.10 Å². The van der Waals surface area contributed by atoms with Crippen LogP contribution in [0.4, 0.5) is 0 Å². The summed E-state index contributed by atoms with van der Waals surface area (Å²) in [6.45, 7) is 0. The minimum atomic E-state index is -0.102. The van der Waals surface area contributed by atoms with E-state index < -0.39 is 0 Å². The first-order valence-corrected chi connectivity index (χ1v) is 4.16. The van der Waals surface area contributed by atoms with Gasteiger partial charge in [-0.1, -0.05) is 12.1 Å². The fraction of sp³-hybridized carbons (Fsp3) is 0. The van der Waals surface area contributed by atoms with Gasteiger partial charge in [0.25, 0.3) is 5.56 Å². The van der Waals surface area contributed by atoms with Crippen molar-refractivity contribution in [1.29, 1.82) is 0 Å². The number of hydrazone groups is 1. The predicted molar refractivity (Wildman–Crippen MR) is 56.4 cm³/mol. The monoisotopic (exact) mass is 187 g/mol. The van der Waals surface area contributed by atoms with Gasteiger partial charge in [0.05, 0.1) is 6.21 Å². The van der Waals surface area contributed by atoms with E-state index in [1.165, 1.54) is 6.21 Å². The number of nitrogens with one attached hydrogen (secondary N) is 1. The van der Waals surface area contributed by atoms with Crippen LogP contribution in [0.5, 0.6) is 0 Å². The van der Waals surface area contributed by atoms with Crippen molar-refractivity contribution in [3.63, 3.8) is 0 Å². The fourth-order valence-electron chi connectivity index (χ4n) is 1.37. The molecule has 0 aliphatic rings. The van der Waals surface area contributed by atoms with Gasteiger partial charge in [0, 0.05) is 11.6 Å². The quantitative estimate of drug-likeness (QED) is 0.394. The third kappa shape index (κ3) is 1.37. The highest BCUT2D eigenvalue weighted by molar-refractivity contribution is 5.89. The van der Waals surface area contributed by atoms with E-state index in [-0.39, 0.29) is 5.56 Å². The molecule has 14 heavy (non-hydrogen) atoms. The minimum absolute atomic E-state index is 0.102. The molecule has 0 amide bonds. The van der Waals surface area contributed by atoms with Crippen LogP contribution >= 0.6 is 0 Å². The van der Waals surface area contributed by atoms with Crippen molar-refractivity contribution >= 4 is 17.0 Å². The molecule has 2 rings (SSSR count). The van der Waals surface area contributed by atoms with Crippen LogP contribution in [0.1, 0.15) is 5.56 Å². The van der Waals surface area contributed by atoms with Crippen LogP contribution in [0.2, 0.25) is 0 Å². The SMILES string of the molecule is NN=Cc1ccc2cc[nH]c(=O)c2c1. The summed E-state index contributed by atoms with van der Waals surface area (Å²) in [5.74, 6) is 5.03. The van der Waals surface area contributed by atoms with E-state index >= 15 is 0 Å². The summed E-state index contributed by atoms with van der Waals surface area (Å²) >= 11 is 0. The predicted octanol–water partition coefficient (Wildman–Crippen LogP) is 0.821. The van der Waals surface area contributed by atoms with Gasteiger partial charge >= 0.3 is 0 Å². The summed E-state index contributed by atoms with van der Waals surface area (Å²) < 4.78 is 0. The van der Waals surface area contributed by atoms with Crippen LogP contribution < -0.4 is 11.4 Å². The highest BCUT2D eigenvalue weighted by atomic mass is 16.1. The molecule has 0 bridgehead atoms. The molecule has 0 spiro atoms. The third-order valence-corrected chi connectivity index (χ3v) is 2.02. The van der Waals surface area contributed by atoms with Crippen molar-refractivity contribution in [2.45, 2.75) is 0 Å². The van der Waals surface area contributed by atoms with Crippen molar-refractivity contribution in [2.75, 3.05) is 0 Å². The Morgan fingerprint density at radius 2 is 2.21 bits per heavy atom. The molecule has 4 nitrogen and oxygen atoms in total. The first-order valence-electron chi connectivity index (χ1n) is 4.16. The largest absolute Gasteiger partial charge is 0.329 e. The maximum Gasteiger partial charge on any atom is 0.255 e. The first kappa shape index (κ1) is 8.50. The Hall–Kier alpha value is -2.10. The lowest BCUT2D eigenvalue weighted by atomic mass is 10.1. The zero-order chi connectivity index (χ0) is 9.97. The summed E-state index contributed by atoms with van der Waals surface area (Å²) in [6.07, 6.45) is 3.13. The number of aromatic nitrogens is 1. The highest BCUT2D eigenvalue weighted by Gasteiger charge is 1.97. The molecular formula is C10H9N3O. The van der Waals surface area contributed by atoms with E-state index in [0.29, 0.717) is 5.39 Å². The zero-order valence-electron chi connectivity index (χ0n) is 7.40. The van der Waals surface area contributed by atoms with Crippen LogP contribution in [0.15, 0.2) is 40.4 Å². The molecule has 0 aliphatic carbocycles. The molecule has 1 aromatic heterocycles. The standard InChI is InChI=1S/C10H9N3O/c11-13-6-7-1-2-8-3-4-12-10(14)9(8)5-7/h1-6H,11H2,(H,12,14). The van der Waals surface area contributed by atoms with Gasteiger partial charge in [0.2, 0.25) is 0 Å². The molecule has 2 aromatic rings. The van der Waals surface area contributed by atoms with E-state index in [9.17, 15) is 4.79 Å². The van der Waals surface area contributed by atoms with Crippen molar-refractivity contribution in [1.82, 2.24) is 4.98 Å². The van der Waals surface area contributed by atoms with Gasteiger partial charge in [-0.25, -0.2) is 0 Å². The maximum atomic E-state index is 11.4. The molecule has 0 atom stereocenters. The van der Waals surface area contributed by atoms with Crippen LogP contribution in [-0.2, 0) is 0 Å². The lowest BCUT2D eigenvalue weighted by Gasteiger charge is -1.97. The molecule has 0 fully saturated rings. The second kappa shape index (κ2) is 3.33. The minimum Gasteiger partial charge on any atom is -0.329 e. The maximum absolute atomic E-state index is 11.4. The van der Waals surface area contributed by atoms with Crippen molar-refractivity contribution in [3.8, 4) is 0 Å². The second-order valence-electron chi connectivity index (χ2n) is 2.93. The summed E-state index contributed by atoms with van der Waals surface area (Å²) in [6, 6.07) is 7.32. The molecule has 1 aromatic carbocycles. The van der Waals surface area contributed by atoms with Crippen molar-refractivity contribution in [3.05, 3.63) is 46.4 Å². The van der Waals surface area contributed by atoms with E-state index in [0.717, 1.165) is 10.9 Å². The summed E-state index contributed by atoms with van der Waals surface area (Å²) in [5, 5.41) is 4.95. The number of hydrogen-bond donors (Lipinski definition) is 2. The smallest absolute Gasteiger partial charge is 0.255 e. The Kier molecular flexibility index (Phi) is 2.02. The first-order chi connectivity index (χ1) is 6.81. The molecule has 0 saturated heterocycles. The van der Waals surface area contributed by atoms with Gasteiger partial charge in [0.1, 0.15) is 0 Å². The lowest BCUT2D eigenvalue weighted by Crippen LogP contribution is -2.04. The Balaban J connectivity index is 2.76. The van der Waals surface area contributed by atoms with Gasteiger partial charge in [-0.05, 0) is 23.1 Å². The molecule has 0 unspecified atom stereocenters. The van der Waals surface area contributed by atoms with E-state index in [2.05, 4.69) is 10.1 Å². The Bertz CT molecular complexity index is 542. The van der Waals surface area contributed by atoms with Crippen LogP contribution in [0.25, 0.3) is 10.8 Å². The number of aromatic amines is 1. The van der Waals surface area contributed by atoms with Crippen molar-refractivity contribution in [2.24, 2.45) is 10.9 Å². The Morgan fingerprint density at radius 3 is 3.00 bits per heavy atom. The number of H-pyrrole nitrogens is 1. The number of pyridine rings is 1. The van der Waals surface area contributed by atoms with Crippen molar-refractivity contribution < 1.29 is 0 Å². The number of rotatable bonds is 1. The Labute approximate surface area is 80.1 Å². The average molecular weight is 187 g/mol. The summed E-state index contributed by atoms with van der Waals surface area (Å²) in [4.78, 5) is 14.0. The van der Waals surface area contributed by atoms with Crippen LogP contribution in [-0.4, -0.2) is 11.2 Å². The van der Waals surface area contributed by atoms with E-state index in [4.69, 9.17) is 5.84 Å². The fourth-order valence-corrected chi connectivity index (χ4v) is 1.37. The van der Waals surface area contributed by atoms with Crippen LogP contribution in [0, 0.1) is 0 Å². The molecule has 0 radical (unpaired) electrons. The third-order valence-electron chi connectivity index (χ3n) is 2.02. The van der Waals surface area contributed by atoms with E-state index in [1.807, 2.05) is 18.2 Å². The topological polar surface area (TPSA) is 71.2 Å². The summed E-state index contributed by atoms with van der Waals surface area (Å²) in [7, 11) is 0. The molecule has 70 valence electrons. The number of benzene rings is 1. The summed E-state index contributed by atoms with van der Waals surface area (Å²) in [5.41, 5.74) is 0.714. The molecule has 4 heteroatoms. The molecule has 0 saturated carbocycles. The number of nitrogens with zero attached hydrogens (tertiary/aromatic N) is 1.